The molecule has 0 aliphatic rings. The number of fused-ring (bicyclic) bond motifs is 4. The van der Waals surface area contributed by atoms with Gasteiger partial charge in [-0.3, -0.25) is 0 Å². The van der Waals surface area contributed by atoms with Crippen molar-refractivity contribution in [2.75, 3.05) is 0 Å². The van der Waals surface area contributed by atoms with Crippen LogP contribution in [0.5, 0.6) is 0 Å². The summed E-state index contributed by atoms with van der Waals surface area (Å²) in [6, 6.07) is 38.0. The largest absolute Gasteiger partial charge is 0.456 e. The van der Waals surface area contributed by atoms with Gasteiger partial charge in [0.05, 0.1) is 8.22 Å². The Morgan fingerprint density at radius 1 is 0.447 bits per heavy atom. The summed E-state index contributed by atoms with van der Waals surface area (Å²) >= 11 is 0. The number of nitrogens with zero attached hydrogens (tertiary/aromatic N) is 3. The summed E-state index contributed by atoms with van der Waals surface area (Å²) in [7, 11) is 0. The van der Waals surface area contributed by atoms with Gasteiger partial charge in [-0.2, -0.15) is 0 Å². The van der Waals surface area contributed by atoms with E-state index in [4.69, 9.17) is 24.9 Å². The molecule has 0 radical (unpaired) electrons. The SMILES string of the molecule is [2H]c1c([2H])c(-c2nc(-c3ccccc3)nc(-c3cccc(-c4cccc5oc6ccccc6c45)c3)n2)c2c([2H])c([2H])c(-c3ccccc3)c([2H])c2c1[2H]. The van der Waals surface area contributed by atoms with E-state index in [0.29, 0.717) is 28.3 Å². The Kier molecular flexibility index (Phi) is 5.09. The van der Waals surface area contributed by atoms with Crippen molar-refractivity contribution < 1.29 is 12.6 Å². The molecule has 2 heterocycles. The third-order valence-electron chi connectivity index (χ3n) is 8.23. The van der Waals surface area contributed by atoms with Gasteiger partial charge in [0.2, 0.25) is 0 Å². The normalized spacial score (nSPS) is 13.2. The molecule has 0 saturated heterocycles. The first kappa shape index (κ1) is 21.4. The Morgan fingerprint density at radius 2 is 1.11 bits per heavy atom. The Bertz CT molecular complexity index is 2910. The van der Waals surface area contributed by atoms with Crippen molar-refractivity contribution >= 4 is 32.7 Å². The number of benzene rings is 7. The van der Waals surface area contributed by atoms with Gasteiger partial charge in [-0.25, -0.2) is 15.0 Å². The summed E-state index contributed by atoms with van der Waals surface area (Å²) in [5.74, 6) is 0.599. The molecule has 220 valence electrons. The Hall–Kier alpha value is -6.39. The monoisotopic (exact) mass is 607 g/mol. The van der Waals surface area contributed by atoms with Crippen LogP contribution in [0.4, 0.5) is 0 Å². The van der Waals surface area contributed by atoms with E-state index in [2.05, 4.69) is 0 Å². The van der Waals surface area contributed by atoms with Gasteiger partial charge >= 0.3 is 0 Å². The Labute approximate surface area is 280 Å². The highest BCUT2D eigenvalue weighted by Gasteiger charge is 2.17. The highest BCUT2D eigenvalue weighted by atomic mass is 16.3. The molecule has 2 aromatic heterocycles. The van der Waals surface area contributed by atoms with Gasteiger partial charge < -0.3 is 4.42 Å². The molecule has 0 amide bonds. The van der Waals surface area contributed by atoms with Crippen LogP contribution in [0.15, 0.2) is 168 Å². The fourth-order valence-corrected chi connectivity index (χ4v) is 6.00. The molecule has 0 spiro atoms. The van der Waals surface area contributed by atoms with E-state index in [-0.39, 0.29) is 57.9 Å². The lowest BCUT2D eigenvalue weighted by Gasteiger charge is -2.12. The van der Waals surface area contributed by atoms with Crippen LogP contribution in [0.3, 0.4) is 0 Å². The maximum Gasteiger partial charge on any atom is 0.164 e. The van der Waals surface area contributed by atoms with Crippen molar-refractivity contribution in [2.45, 2.75) is 0 Å². The Balaban J connectivity index is 1.31. The lowest BCUT2D eigenvalue weighted by molar-refractivity contribution is 0.669. The van der Waals surface area contributed by atoms with E-state index in [0.717, 1.165) is 33.1 Å². The number of hydrogen-bond acceptors (Lipinski definition) is 4. The molecule has 4 nitrogen and oxygen atoms in total. The zero-order valence-corrected chi connectivity index (χ0v) is 24.9. The molecular formula is C43H27N3O. The minimum absolute atomic E-state index is 0.000711. The molecule has 0 unspecified atom stereocenters. The summed E-state index contributed by atoms with van der Waals surface area (Å²) in [6.07, 6.45) is 0. The second-order valence-electron chi connectivity index (χ2n) is 11.1. The summed E-state index contributed by atoms with van der Waals surface area (Å²) in [5.41, 5.74) is 5.50. The van der Waals surface area contributed by atoms with E-state index in [1.165, 1.54) is 0 Å². The predicted octanol–water partition coefficient (Wildman–Crippen LogP) is 11.3. The van der Waals surface area contributed by atoms with Gasteiger partial charge in [-0.15, -0.1) is 0 Å². The highest BCUT2D eigenvalue weighted by molar-refractivity contribution is 6.12. The van der Waals surface area contributed by atoms with Gasteiger partial charge in [0.1, 0.15) is 11.2 Å². The van der Waals surface area contributed by atoms with Crippen molar-refractivity contribution in [3.8, 4) is 56.4 Å². The van der Waals surface area contributed by atoms with Crippen molar-refractivity contribution in [3.63, 3.8) is 0 Å². The average molecular weight is 608 g/mol. The average Bonchev–Trinajstić information content (AvgIpc) is 3.59. The van der Waals surface area contributed by atoms with Gasteiger partial charge in [-0.1, -0.05) is 139 Å². The van der Waals surface area contributed by atoms with Gasteiger partial charge in [0.25, 0.3) is 0 Å². The lowest BCUT2D eigenvalue weighted by atomic mass is 9.97. The molecule has 0 N–H and O–H groups in total. The highest BCUT2D eigenvalue weighted by Crippen LogP contribution is 2.38. The third kappa shape index (κ3) is 4.84. The van der Waals surface area contributed by atoms with Crippen molar-refractivity contribution in [2.24, 2.45) is 0 Å². The number of aromatic nitrogens is 3. The van der Waals surface area contributed by atoms with Crippen molar-refractivity contribution in [3.05, 3.63) is 164 Å². The van der Waals surface area contributed by atoms with Gasteiger partial charge in [-0.05, 0) is 57.3 Å². The van der Waals surface area contributed by atoms with Crippen molar-refractivity contribution in [1.82, 2.24) is 15.0 Å². The van der Waals surface area contributed by atoms with Crippen LogP contribution in [0, 0.1) is 0 Å². The molecule has 0 aliphatic heterocycles. The maximum absolute atomic E-state index is 9.22. The first-order chi connectivity index (χ1) is 25.8. The Morgan fingerprint density at radius 3 is 1.96 bits per heavy atom. The fourth-order valence-electron chi connectivity index (χ4n) is 6.00. The molecule has 0 bridgehead atoms. The van der Waals surface area contributed by atoms with E-state index < -0.39 is 6.04 Å². The summed E-state index contributed by atoms with van der Waals surface area (Å²) in [6.45, 7) is 0. The molecule has 47 heavy (non-hydrogen) atoms. The lowest BCUT2D eigenvalue weighted by Crippen LogP contribution is -2.00. The second kappa shape index (κ2) is 11.2. The van der Waals surface area contributed by atoms with E-state index in [9.17, 15) is 2.74 Å². The van der Waals surface area contributed by atoms with Crippen LogP contribution in [0.25, 0.3) is 89.1 Å². The van der Waals surface area contributed by atoms with Crippen LogP contribution < -0.4 is 0 Å². The topological polar surface area (TPSA) is 51.8 Å². The van der Waals surface area contributed by atoms with E-state index in [1.54, 1.807) is 24.3 Å². The standard InChI is InChI=1S/C43H27N3O/c1-3-12-28(13-4-1)30-24-25-34-31(26-30)17-10-21-36(34)43-45-41(29-14-5-2-6-15-29)44-42(46-43)33-18-9-16-32(27-33)35-20-11-23-39-40(35)37-19-7-8-22-38(37)47-39/h1-27H/i10D,17D,21D,24D,25D,26D. The minimum atomic E-state index is -0.428. The number of rotatable bonds is 5. The molecule has 0 aliphatic carbocycles. The molecule has 0 fully saturated rings. The minimum Gasteiger partial charge on any atom is -0.456 e. The zero-order chi connectivity index (χ0) is 36.4. The molecule has 0 saturated carbocycles. The smallest absolute Gasteiger partial charge is 0.164 e. The fraction of sp³-hybridized carbons (Fsp3) is 0. The number of para-hydroxylation sites is 1. The van der Waals surface area contributed by atoms with E-state index >= 15 is 0 Å². The summed E-state index contributed by atoms with van der Waals surface area (Å²) in [4.78, 5) is 14.6. The van der Waals surface area contributed by atoms with Crippen LogP contribution in [0.2, 0.25) is 0 Å². The van der Waals surface area contributed by atoms with Crippen LogP contribution >= 0.6 is 0 Å². The summed E-state index contributed by atoms with van der Waals surface area (Å²) in [5, 5.41) is 1.99. The van der Waals surface area contributed by atoms with Gasteiger partial charge in [0.15, 0.2) is 17.5 Å². The predicted molar refractivity (Wildman–Crippen MR) is 192 cm³/mol. The number of hydrogen-bond donors (Lipinski definition) is 0. The maximum atomic E-state index is 9.22. The van der Waals surface area contributed by atoms with Crippen molar-refractivity contribution in [1.29, 1.82) is 0 Å². The second-order valence-corrected chi connectivity index (χ2v) is 11.1. The molecule has 7 aromatic carbocycles. The molecular weight excluding hydrogens is 574 g/mol. The van der Waals surface area contributed by atoms with Gasteiger partial charge in [0, 0.05) is 27.5 Å². The molecule has 4 heteroatoms. The zero-order valence-electron chi connectivity index (χ0n) is 30.9. The van der Waals surface area contributed by atoms with Crippen LogP contribution in [0.1, 0.15) is 8.22 Å². The quantitative estimate of drug-likeness (QED) is 0.195. The number of furan rings is 1. The molecule has 9 rings (SSSR count). The molecule has 9 aromatic rings. The first-order valence-electron chi connectivity index (χ1n) is 18.2. The van der Waals surface area contributed by atoms with Crippen LogP contribution in [-0.4, -0.2) is 15.0 Å². The first-order valence-corrected chi connectivity index (χ1v) is 15.2. The van der Waals surface area contributed by atoms with Crippen LogP contribution in [-0.2, 0) is 0 Å². The van der Waals surface area contributed by atoms with E-state index in [1.807, 2.05) is 103 Å². The summed E-state index contributed by atoms with van der Waals surface area (Å²) < 4.78 is 60.4. The third-order valence-corrected chi connectivity index (χ3v) is 8.23. The molecule has 0 atom stereocenters.